The van der Waals surface area contributed by atoms with E-state index in [1.54, 1.807) is 6.07 Å². The minimum absolute atomic E-state index is 0.0743. The second-order valence-corrected chi connectivity index (χ2v) is 6.77. The number of para-hydroxylation sites is 1. The van der Waals surface area contributed by atoms with Gasteiger partial charge >= 0.3 is 0 Å². The third-order valence-corrected chi connectivity index (χ3v) is 4.95. The van der Waals surface area contributed by atoms with Crippen molar-refractivity contribution in [3.8, 4) is 5.75 Å². The Kier molecular flexibility index (Phi) is 3.94. The number of benzene rings is 1. The molecule has 1 amide bonds. The number of hydrogen-bond donors (Lipinski definition) is 0. The number of fused-ring (bicyclic) bond motifs is 1. The molecule has 0 spiro atoms. The van der Waals surface area contributed by atoms with Crippen LogP contribution in [0, 0.1) is 19.7 Å². The highest BCUT2D eigenvalue weighted by Crippen LogP contribution is 2.33. The number of amides is 1. The summed E-state index contributed by atoms with van der Waals surface area (Å²) < 4.78 is 21.4. The average molecular weight is 344 g/mol. The molecule has 132 valence electrons. The highest BCUT2D eigenvalue weighted by Gasteiger charge is 2.36. The lowest BCUT2D eigenvalue weighted by Crippen LogP contribution is -2.47. The molecular weight excluding hydrogens is 323 g/mol. The van der Waals surface area contributed by atoms with E-state index in [9.17, 15) is 9.18 Å². The number of carbonyl (C=O) groups excluding carboxylic acids is 1. The van der Waals surface area contributed by atoms with Crippen LogP contribution in [0.25, 0.3) is 0 Å². The molecule has 0 aliphatic carbocycles. The molecule has 2 aliphatic rings. The lowest BCUT2D eigenvalue weighted by Gasteiger charge is -2.34. The van der Waals surface area contributed by atoms with Crippen LogP contribution in [0.1, 0.15) is 36.1 Å². The van der Waals surface area contributed by atoms with Gasteiger partial charge in [-0.05, 0) is 32.8 Å². The molecule has 0 saturated carbocycles. The van der Waals surface area contributed by atoms with Crippen LogP contribution in [-0.2, 0) is 11.2 Å². The van der Waals surface area contributed by atoms with Crippen LogP contribution in [0.3, 0.4) is 0 Å². The highest BCUT2D eigenvalue weighted by molar-refractivity contribution is 5.82. The molecule has 1 fully saturated rings. The van der Waals surface area contributed by atoms with Crippen LogP contribution in [0.15, 0.2) is 18.2 Å². The summed E-state index contributed by atoms with van der Waals surface area (Å²) in [7, 11) is 0. The summed E-state index contributed by atoms with van der Waals surface area (Å²) in [6, 6.07) is 4.95. The number of likely N-dealkylation sites (tertiary alicyclic amines) is 1. The number of ether oxygens (including phenoxy) is 1. The molecule has 1 aromatic heterocycles. The van der Waals surface area contributed by atoms with E-state index in [0.717, 1.165) is 30.1 Å². The zero-order chi connectivity index (χ0) is 17.6. The molecule has 4 rings (SSSR count). The van der Waals surface area contributed by atoms with E-state index in [1.165, 1.54) is 6.07 Å². The van der Waals surface area contributed by atoms with Gasteiger partial charge in [0.2, 0.25) is 0 Å². The maximum absolute atomic E-state index is 13.8. The minimum atomic E-state index is -0.635. The fraction of sp³-hybridized carbons (Fsp3) is 0.500. The third kappa shape index (κ3) is 2.88. The largest absolute Gasteiger partial charge is 0.477 e. The van der Waals surface area contributed by atoms with Crippen molar-refractivity contribution in [2.75, 3.05) is 13.1 Å². The van der Waals surface area contributed by atoms with Gasteiger partial charge < -0.3 is 9.64 Å². The number of halogens is 1. The fourth-order valence-electron chi connectivity index (χ4n) is 3.81. The molecule has 6 nitrogen and oxygen atoms in total. The Morgan fingerprint density at radius 1 is 1.36 bits per heavy atom. The Bertz CT molecular complexity index is 819. The molecule has 25 heavy (non-hydrogen) atoms. The average Bonchev–Trinajstić information content (AvgIpc) is 3.18. The second kappa shape index (κ2) is 6.13. The summed E-state index contributed by atoms with van der Waals surface area (Å²) in [4.78, 5) is 19.1. The number of carbonyl (C=O) groups is 1. The first kappa shape index (κ1) is 16.1. The summed E-state index contributed by atoms with van der Waals surface area (Å²) in [6.07, 6.45) is 1.66. The smallest absolute Gasteiger partial charge is 0.264 e. The van der Waals surface area contributed by atoms with Gasteiger partial charge in [-0.1, -0.05) is 12.1 Å². The number of hydrogen-bond acceptors (Lipinski definition) is 4. The Balaban J connectivity index is 1.48. The Hall–Kier alpha value is -2.44. The van der Waals surface area contributed by atoms with Crippen LogP contribution < -0.4 is 4.74 Å². The minimum Gasteiger partial charge on any atom is -0.477 e. The van der Waals surface area contributed by atoms with Crippen LogP contribution >= 0.6 is 0 Å². The van der Waals surface area contributed by atoms with Gasteiger partial charge in [-0.15, -0.1) is 0 Å². The molecule has 7 heteroatoms. The summed E-state index contributed by atoms with van der Waals surface area (Å²) >= 11 is 0. The molecule has 0 radical (unpaired) electrons. The molecule has 1 aromatic carbocycles. The predicted octanol–water partition coefficient (Wildman–Crippen LogP) is 2.20. The van der Waals surface area contributed by atoms with Gasteiger partial charge in [0.1, 0.15) is 11.6 Å². The molecular formula is C18H21FN4O2. The van der Waals surface area contributed by atoms with Crippen molar-refractivity contribution in [1.82, 2.24) is 19.7 Å². The Morgan fingerprint density at radius 3 is 2.92 bits per heavy atom. The number of aryl methyl sites for hydroxylation is 2. The van der Waals surface area contributed by atoms with E-state index in [-0.39, 0.29) is 17.7 Å². The quantitative estimate of drug-likeness (QED) is 0.838. The molecule has 1 saturated heterocycles. The predicted molar refractivity (Wildman–Crippen MR) is 88.9 cm³/mol. The molecule has 2 atom stereocenters. The van der Waals surface area contributed by atoms with E-state index < -0.39 is 11.9 Å². The van der Waals surface area contributed by atoms with Crippen LogP contribution in [0.2, 0.25) is 0 Å². The third-order valence-electron chi connectivity index (χ3n) is 4.95. The van der Waals surface area contributed by atoms with Crippen LogP contribution in [0.5, 0.6) is 5.75 Å². The van der Waals surface area contributed by atoms with Gasteiger partial charge in [-0.3, -0.25) is 4.79 Å². The van der Waals surface area contributed by atoms with E-state index in [2.05, 4.69) is 10.1 Å². The van der Waals surface area contributed by atoms with E-state index >= 15 is 0 Å². The number of piperidine rings is 1. The molecule has 0 N–H and O–H groups in total. The monoisotopic (exact) mass is 344 g/mol. The van der Waals surface area contributed by atoms with Gasteiger partial charge in [0.25, 0.3) is 5.91 Å². The molecule has 2 aliphatic heterocycles. The first-order valence-corrected chi connectivity index (χ1v) is 8.65. The maximum atomic E-state index is 13.8. The molecule has 0 unspecified atom stereocenters. The lowest BCUT2D eigenvalue weighted by atomic mass is 10.0. The summed E-state index contributed by atoms with van der Waals surface area (Å²) in [6.45, 7) is 5.08. The van der Waals surface area contributed by atoms with Crippen molar-refractivity contribution in [2.45, 2.75) is 45.3 Å². The van der Waals surface area contributed by atoms with E-state index in [0.29, 0.717) is 19.5 Å². The Morgan fingerprint density at radius 2 is 2.20 bits per heavy atom. The first-order valence-electron chi connectivity index (χ1n) is 8.65. The summed E-state index contributed by atoms with van der Waals surface area (Å²) in [5.41, 5.74) is 0.759. The maximum Gasteiger partial charge on any atom is 0.264 e. The van der Waals surface area contributed by atoms with E-state index in [1.807, 2.05) is 29.5 Å². The lowest BCUT2D eigenvalue weighted by molar-refractivity contribution is -0.139. The van der Waals surface area contributed by atoms with Crippen molar-refractivity contribution >= 4 is 5.91 Å². The fourth-order valence-corrected chi connectivity index (χ4v) is 3.81. The summed E-state index contributed by atoms with van der Waals surface area (Å²) in [5, 5.41) is 4.46. The van der Waals surface area contributed by atoms with Crippen LogP contribution in [0.4, 0.5) is 4.39 Å². The van der Waals surface area contributed by atoms with E-state index in [4.69, 9.17) is 4.74 Å². The first-order chi connectivity index (χ1) is 12.0. The summed E-state index contributed by atoms with van der Waals surface area (Å²) in [5.74, 6) is 1.35. The second-order valence-electron chi connectivity index (χ2n) is 6.77. The van der Waals surface area contributed by atoms with Crippen molar-refractivity contribution in [1.29, 1.82) is 0 Å². The Labute approximate surface area is 145 Å². The zero-order valence-electron chi connectivity index (χ0n) is 14.4. The van der Waals surface area contributed by atoms with Gasteiger partial charge in [0.15, 0.2) is 17.7 Å². The number of aromatic nitrogens is 3. The molecule has 0 bridgehead atoms. The highest BCUT2D eigenvalue weighted by atomic mass is 19.1. The van der Waals surface area contributed by atoms with Gasteiger partial charge in [0, 0.05) is 25.1 Å². The van der Waals surface area contributed by atoms with Crippen molar-refractivity contribution in [2.24, 2.45) is 0 Å². The number of rotatable bonds is 2. The number of nitrogens with zero attached hydrogens (tertiary/aromatic N) is 4. The molecule has 2 aromatic rings. The van der Waals surface area contributed by atoms with Gasteiger partial charge in [-0.2, -0.15) is 5.10 Å². The van der Waals surface area contributed by atoms with Gasteiger partial charge in [0.05, 0.1) is 6.04 Å². The van der Waals surface area contributed by atoms with Crippen LogP contribution in [-0.4, -0.2) is 44.8 Å². The normalized spacial score (nSPS) is 22.6. The van der Waals surface area contributed by atoms with Gasteiger partial charge in [-0.25, -0.2) is 14.1 Å². The van der Waals surface area contributed by atoms with Crippen molar-refractivity contribution in [3.05, 3.63) is 41.2 Å². The zero-order valence-corrected chi connectivity index (χ0v) is 14.4. The molecule has 3 heterocycles. The SMILES string of the molecule is Cc1nc(C)n([C@@H]2CCCN(C(=O)[C@@H]3Cc4cccc(F)c4O3)C2)n1. The standard InChI is InChI=1S/C18H21FN4O2/c1-11-20-12(2)23(21-11)14-6-4-8-22(10-14)18(24)16-9-13-5-3-7-15(19)17(13)25-16/h3,5,7,14,16H,4,6,8-10H2,1-2H3/t14-,16+/m1/s1. The van der Waals surface area contributed by atoms with Crippen molar-refractivity contribution < 1.29 is 13.9 Å². The van der Waals surface area contributed by atoms with Crippen molar-refractivity contribution in [3.63, 3.8) is 0 Å². The topological polar surface area (TPSA) is 60.2 Å².